The van der Waals surface area contributed by atoms with Gasteiger partial charge in [-0.3, -0.25) is 0 Å². The normalized spacial score (nSPS) is 12.7. The summed E-state index contributed by atoms with van der Waals surface area (Å²) in [6.07, 6.45) is 0. The number of nitrogens with zero attached hydrogens (tertiary/aromatic N) is 5. The van der Waals surface area contributed by atoms with Crippen LogP contribution in [0.3, 0.4) is 0 Å². The first kappa shape index (κ1) is 20.5. The van der Waals surface area contributed by atoms with Crippen molar-refractivity contribution in [2.45, 2.75) is 0 Å². The molecule has 0 bridgehead atoms. The van der Waals surface area contributed by atoms with E-state index in [9.17, 15) is 0 Å². The number of para-hydroxylation sites is 2. The summed E-state index contributed by atoms with van der Waals surface area (Å²) in [4.78, 5) is 0.832. The van der Waals surface area contributed by atoms with Gasteiger partial charge in [-0.1, -0.05) is 40.7 Å². The Morgan fingerprint density at radius 1 is 1.00 bits per heavy atom. The monoisotopic (exact) mass is 440 g/mol. The Morgan fingerprint density at radius 3 is 2.25 bits per heavy atom. The average Bonchev–Trinajstić information content (AvgIpc) is 3.12. The molecule has 0 unspecified atom stereocenters. The highest BCUT2D eigenvalue weighted by Crippen LogP contribution is 2.25. The molecule has 0 saturated carbocycles. The van der Waals surface area contributed by atoms with Crippen molar-refractivity contribution < 1.29 is 33.4 Å². The van der Waals surface area contributed by atoms with Crippen molar-refractivity contribution >= 4 is 48.2 Å². The van der Waals surface area contributed by atoms with E-state index in [0.717, 1.165) is 21.0 Å². The van der Waals surface area contributed by atoms with Gasteiger partial charge in [0.15, 0.2) is 0 Å². The molecule has 0 aliphatic heterocycles. The maximum atomic E-state index is 8.60. The van der Waals surface area contributed by atoms with E-state index in [1.165, 1.54) is 9.40 Å². The lowest BCUT2D eigenvalue weighted by Crippen LogP contribution is -2.58. The Bertz CT molecular complexity index is 1200. The lowest BCUT2D eigenvalue weighted by Gasteiger charge is -2.03. The molecule has 0 spiro atoms. The van der Waals surface area contributed by atoms with Crippen molar-refractivity contribution in [3.05, 3.63) is 53.3 Å². The average molecular weight is 441 g/mol. The summed E-state index contributed by atoms with van der Waals surface area (Å²) >= 11 is 3.21. The molecule has 0 radical (unpaired) electrons. The van der Waals surface area contributed by atoms with Gasteiger partial charge in [0.25, 0.3) is 0 Å². The Morgan fingerprint density at radius 2 is 1.61 bits per heavy atom. The minimum Gasteiger partial charge on any atom is -0.318 e. The molecular formula is C16H15ClN5O4S2+. The number of thiazole rings is 2. The minimum absolute atomic E-state index is 0.832. The first-order valence-corrected chi connectivity index (χ1v) is 10.6. The molecule has 9 nitrogen and oxygen atoms in total. The van der Waals surface area contributed by atoms with E-state index in [4.69, 9.17) is 18.6 Å². The van der Waals surface area contributed by atoms with E-state index in [1.807, 2.05) is 47.5 Å². The molecule has 2 aromatic heterocycles. The first-order valence-electron chi connectivity index (χ1n) is 7.74. The third-order valence-electron chi connectivity index (χ3n) is 3.69. The third kappa shape index (κ3) is 4.97. The van der Waals surface area contributed by atoms with E-state index in [2.05, 4.69) is 39.7 Å². The molecule has 2 heterocycles. The molecule has 0 saturated heterocycles. The Kier molecular flexibility index (Phi) is 6.15. The standard InChI is InChI=1S/C16H14N5S2.ClHO4/c1-20-11-7-3-5-9-13(11)22-15(20)17-19-18-16-21(2)12-8-4-6-10-14(12)23-16;2-1(3,4)5/h3-10H,1-2H3;(H,2,3,4,5)/q+1;. The Hall–Kier alpha value is -2.25. The van der Waals surface area contributed by atoms with Gasteiger partial charge in [-0.15, -0.1) is 0 Å². The topological polar surface area (TPSA) is 135 Å². The fourth-order valence-corrected chi connectivity index (χ4v) is 4.39. The second-order valence-corrected chi connectivity index (χ2v) is 8.32. The number of hydrogen-bond acceptors (Lipinski definition) is 8. The number of halogens is 1. The van der Waals surface area contributed by atoms with Gasteiger partial charge in [-0.2, -0.15) is 14.0 Å². The van der Waals surface area contributed by atoms with Crippen LogP contribution < -0.4 is 23.3 Å². The molecule has 4 aromatic rings. The van der Waals surface area contributed by atoms with Crippen molar-refractivity contribution in [2.75, 3.05) is 0 Å². The molecule has 146 valence electrons. The zero-order chi connectivity index (χ0) is 20.3. The SMILES string of the molecule is Cn1/c(=N\N=Nc2sc3ccccc3[n+]2C)sc2ccccc21.[O-][Cl+3]([O-])([O-])O. The van der Waals surface area contributed by atoms with Gasteiger partial charge >= 0.3 is 5.13 Å². The van der Waals surface area contributed by atoms with E-state index in [-0.39, 0.29) is 0 Å². The summed E-state index contributed by atoms with van der Waals surface area (Å²) in [5.41, 5.74) is 2.30. The van der Waals surface area contributed by atoms with Crippen LogP contribution in [0.2, 0.25) is 0 Å². The van der Waals surface area contributed by atoms with Gasteiger partial charge in [0.1, 0.15) is 10.6 Å². The summed E-state index contributed by atoms with van der Waals surface area (Å²) in [5.74, 6) is 0. The number of benzene rings is 2. The van der Waals surface area contributed by atoms with E-state index < -0.39 is 10.2 Å². The summed E-state index contributed by atoms with van der Waals surface area (Å²) in [5, 5.41) is 13.5. The Balaban J connectivity index is 0.000000403. The van der Waals surface area contributed by atoms with Crippen molar-refractivity contribution in [1.29, 1.82) is 0 Å². The molecule has 28 heavy (non-hydrogen) atoms. The number of aryl methyl sites for hydroxylation is 2. The third-order valence-corrected chi connectivity index (χ3v) is 5.90. The van der Waals surface area contributed by atoms with Crippen LogP contribution in [0, 0.1) is 10.2 Å². The van der Waals surface area contributed by atoms with Crippen LogP contribution in [0.1, 0.15) is 0 Å². The maximum Gasteiger partial charge on any atom is 0.411 e. The number of fused-ring (bicyclic) bond motifs is 2. The maximum absolute atomic E-state index is 8.60. The molecular weight excluding hydrogens is 426 g/mol. The Labute approximate surface area is 169 Å². The van der Waals surface area contributed by atoms with Gasteiger partial charge in [0, 0.05) is 7.05 Å². The number of hydrogen-bond donors (Lipinski definition) is 1. The van der Waals surface area contributed by atoms with Crippen LogP contribution >= 0.6 is 22.7 Å². The van der Waals surface area contributed by atoms with Gasteiger partial charge in [-0.25, -0.2) is 4.57 Å². The molecule has 4 rings (SSSR count). The van der Waals surface area contributed by atoms with Crippen molar-refractivity contribution in [3.8, 4) is 0 Å². The largest absolute Gasteiger partial charge is 0.411 e. The second kappa shape index (κ2) is 8.41. The fourth-order valence-electron chi connectivity index (χ4n) is 2.45. The highest BCUT2D eigenvalue weighted by molar-refractivity contribution is 7.21. The van der Waals surface area contributed by atoms with Gasteiger partial charge in [0.05, 0.1) is 42.1 Å². The highest BCUT2D eigenvalue weighted by atomic mass is 35.7. The second-order valence-electron chi connectivity index (χ2n) is 5.51. The number of aromatic nitrogens is 2. The van der Waals surface area contributed by atoms with Gasteiger partial charge < -0.3 is 4.57 Å². The smallest absolute Gasteiger partial charge is 0.318 e. The van der Waals surface area contributed by atoms with Crippen LogP contribution in [0.25, 0.3) is 20.4 Å². The summed E-state index contributed by atoms with van der Waals surface area (Å²) < 4.78 is 39.2. The zero-order valence-electron chi connectivity index (χ0n) is 14.7. The van der Waals surface area contributed by atoms with Crippen molar-refractivity contribution in [3.63, 3.8) is 0 Å². The van der Waals surface area contributed by atoms with Crippen LogP contribution in [0.15, 0.2) is 64.0 Å². The quantitative estimate of drug-likeness (QED) is 0.261. The summed E-state index contributed by atoms with van der Waals surface area (Å²) in [6, 6.07) is 16.4. The summed E-state index contributed by atoms with van der Waals surface area (Å²) in [7, 11) is -0.709. The minimum atomic E-state index is -4.69. The molecule has 0 amide bonds. The number of rotatable bonds is 2. The van der Waals surface area contributed by atoms with Crippen LogP contribution in [0.5, 0.6) is 0 Å². The predicted octanol–water partition coefficient (Wildman–Crippen LogP) is -0.245. The molecule has 0 atom stereocenters. The van der Waals surface area contributed by atoms with E-state index in [1.54, 1.807) is 22.7 Å². The molecule has 2 aromatic carbocycles. The van der Waals surface area contributed by atoms with Crippen molar-refractivity contribution in [2.24, 2.45) is 29.5 Å². The first-order chi connectivity index (χ1) is 13.2. The van der Waals surface area contributed by atoms with E-state index in [0.29, 0.717) is 0 Å². The fraction of sp³-hybridized carbons (Fsp3) is 0.125. The molecule has 0 aliphatic rings. The van der Waals surface area contributed by atoms with Crippen LogP contribution in [0.4, 0.5) is 5.13 Å². The lowest BCUT2D eigenvalue weighted by atomic mass is 10.3. The molecule has 0 aliphatic carbocycles. The summed E-state index contributed by atoms with van der Waals surface area (Å²) in [6.45, 7) is 0. The van der Waals surface area contributed by atoms with Crippen LogP contribution in [-0.4, -0.2) is 9.23 Å². The van der Waals surface area contributed by atoms with Crippen LogP contribution in [-0.2, 0) is 14.1 Å². The molecule has 1 N–H and O–H groups in total. The van der Waals surface area contributed by atoms with Gasteiger partial charge in [-0.05, 0) is 35.6 Å². The van der Waals surface area contributed by atoms with E-state index >= 15 is 0 Å². The zero-order valence-corrected chi connectivity index (χ0v) is 17.1. The predicted molar refractivity (Wildman–Crippen MR) is 96.1 cm³/mol. The molecule has 0 fully saturated rings. The van der Waals surface area contributed by atoms with Gasteiger partial charge in [0.2, 0.25) is 4.80 Å². The lowest BCUT2D eigenvalue weighted by molar-refractivity contribution is -1.92. The molecule has 12 heteroatoms. The highest BCUT2D eigenvalue weighted by Gasteiger charge is 2.15. The van der Waals surface area contributed by atoms with Crippen molar-refractivity contribution in [1.82, 2.24) is 4.57 Å².